The molecular formula is C10H19ClN2. The van der Waals surface area contributed by atoms with Gasteiger partial charge >= 0.3 is 0 Å². The van der Waals surface area contributed by atoms with Gasteiger partial charge in [0.15, 0.2) is 0 Å². The Morgan fingerprint density at radius 3 is 3.08 bits per heavy atom. The summed E-state index contributed by atoms with van der Waals surface area (Å²) in [5, 5.41) is 3.25. The summed E-state index contributed by atoms with van der Waals surface area (Å²) in [6.07, 6.45) is 6.04. The highest BCUT2D eigenvalue weighted by Crippen LogP contribution is 2.15. The largest absolute Gasteiger partial charge is 0.318 e. The molecule has 0 aliphatic carbocycles. The first-order valence-corrected chi connectivity index (χ1v) is 5.46. The fraction of sp³-hybridized carbons (Fsp3) is 0.800. The zero-order valence-electron chi connectivity index (χ0n) is 8.30. The van der Waals surface area contributed by atoms with Crippen LogP contribution in [0.15, 0.2) is 11.6 Å². The number of likely N-dealkylation sites (tertiary alicyclic amines) is 1. The highest BCUT2D eigenvalue weighted by molar-refractivity contribution is 6.25. The second-order valence-electron chi connectivity index (χ2n) is 3.56. The first kappa shape index (κ1) is 11.0. The van der Waals surface area contributed by atoms with Crippen LogP contribution in [0.25, 0.3) is 0 Å². The highest BCUT2D eigenvalue weighted by Gasteiger charge is 2.19. The molecule has 1 heterocycles. The van der Waals surface area contributed by atoms with Gasteiger partial charge < -0.3 is 5.32 Å². The van der Waals surface area contributed by atoms with Gasteiger partial charge in [0.05, 0.1) is 0 Å². The van der Waals surface area contributed by atoms with Crippen molar-refractivity contribution in [3.8, 4) is 0 Å². The molecule has 1 aliphatic rings. The standard InChI is InChI=1S/C10H19ClN2/c1-12-9-10-5-2-3-7-13(10)8-4-6-11/h4,6,10,12H,2-3,5,7-9H2,1H3. The predicted octanol–water partition coefficient (Wildman–Crippen LogP) is 1.81. The van der Waals surface area contributed by atoms with Crippen LogP contribution in [0.5, 0.6) is 0 Å². The van der Waals surface area contributed by atoms with Gasteiger partial charge in [-0.3, -0.25) is 4.90 Å². The molecule has 76 valence electrons. The van der Waals surface area contributed by atoms with E-state index in [0.29, 0.717) is 6.04 Å². The molecule has 0 aromatic rings. The van der Waals surface area contributed by atoms with E-state index in [2.05, 4.69) is 10.2 Å². The van der Waals surface area contributed by atoms with Gasteiger partial charge in [0, 0.05) is 24.7 Å². The second-order valence-corrected chi connectivity index (χ2v) is 3.82. The van der Waals surface area contributed by atoms with E-state index in [1.165, 1.54) is 25.8 Å². The first-order valence-electron chi connectivity index (χ1n) is 5.02. The number of nitrogens with one attached hydrogen (secondary N) is 1. The normalized spacial score (nSPS) is 25.5. The van der Waals surface area contributed by atoms with E-state index in [-0.39, 0.29) is 0 Å². The van der Waals surface area contributed by atoms with E-state index in [1.807, 2.05) is 13.1 Å². The van der Waals surface area contributed by atoms with Gasteiger partial charge in [-0.25, -0.2) is 0 Å². The number of hydrogen-bond donors (Lipinski definition) is 1. The average Bonchev–Trinajstić information content (AvgIpc) is 2.17. The van der Waals surface area contributed by atoms with Crippen molar-refractivity contribution < 1.29 is 0 Å². The number of halogens is 1. The third kappa shape index (κ3) is 3.67. The molecule has 1 rings (SSSR count). The molecule has 3 heteroatoms. The van der Waals surface area contributed by atoms with Crippen LogP contribution >= 0.6 is 11.6 Å². The second kappa shape index (κ2) is 6.41. The van der Waals surface area contributed by atoms with Crippen LogP contribution in [0.3, 0.4) is 0 Å². The molecule has 0 saturated carbocycles. The number of nitrogens with zero attached hydrogens (tertiary/aromatic N) is 1. The smallest absolute Gasteiger partial charge is 0.0223 e. The van der Waals surface area contributed by atoms with Crippen molar-refractivity contribution in [1.82, 2.24) is 10.2 Å². The fourth-order valence-electron chi connectivity index (χ4n) is 1.94. The van der Waals surface area contributed by atoms with Crippen LogP contribution in [0, 0.1) is 0 Å². The molecule has 13 heavy (non-hydrogen) atoms. The lowest BCUT2D eigenvalue weighted by Gasteiger charge is -2.34. The maximum absolute atomic E-state index is 5.52. The summed E-state index contributed by atoms with van der Waals surface area (Å²) < 4.78 is 0. The molecule has 1 saturated heterocycles. The Bertz CT molecular complexity index is 157. The molecule has 1 N–H and O–H groups in total. The lowest BCUT2D eigenvalue weighted by molar-refractivity contribution is 0.164. The van der Waals surface area contributed by atoms with Gasteiger partial charge in [0.25, 0.3) is 0 Å². The topological polar surface area (TPSA) is 15.3 Å². The lowest BCUT2D eigenvalue weighted by Crippen LogP contribution is -2.44. The predicted molar refractivity (Wildman–Crippen MR) is 58.1 cm³/mol. The Morgan fingerprint density at radius 2 is 2.38 bits per heavy atom. The fourth-order valence-corrected chi connectivity index (χ4v) is 2.02. The summed E-state index contributed by atoms with van der Waals surface area (Å²) in [7, 11) is 2.02. The molecular weight excluding hydrogens is 184 g/mol. The molecule has 1 unspecified atom stereocenters. The Morgan fingerprint density at radius 1 is 1.54 bits per heavy atom. The Balaban J connectivity index is 2.36. The van der Waals surface area contributed by atoms with Crippen molar-refractivity contribution in [2.24, 2.45) is 0 Å². The molecule has 0 spiro atoms. The molecule has 0 bridgehead atoms. The number of piperidine rings is 1. The number of hydrogen-bond acceptors (Lipinski definition) is 2. The van der Waals surface area contributed by atoms with E-state index >= 15 is 0 Å². The molecule has 0 amide bonds. The van der Waals surface area contributed by atoms with E-state index in [1.54, 1.807) is 5.54 Å². The maximum atomic E-state index is 5.52. The zero-order chi connectivity index (χ0) is 9.52. The van der Waals surface area contributed by atoms with Crippen molar-refractivity contribution in [2.45, 2.75) is 25.3 Å². The van der Waals surface area contributed by atoms with E-state index in [9.17, 15) is 0 Å². The summed E-state index contributed by atoms with van der Waals surface area (Å²) in [5.74, 6) is 0. The third-order valence-corrected chi connectivity index (χ3v) is 2.80. The van der Waals surface area contributed by atoms with Crippen molar-refractivity contribution in [3.63, 3.8) is 0 Å². The van der Waals surface area contributed by atoms with Gasteiger partial charge in [-0.1, -0.05) is 24.1 Å². The van der Waals surface area contributed by atoms with Crippen molar-refractivity contribution in [1.29, 1.82) is 0 Å². The van der Waals surface area contributed by atoms with Crippen molar-refractivity contribution in [3.05, 3.63) is 11.6 Å². The molecule has 1 fully saturated rings. The van der Waals surface area contributed by atoms with Gasteiger partial charge in [0.2, 0.25) is 0 Å². The van der Waals surface area contributed by atoms with Crippen LogP contribution in [0.2, 0.25) is 0 Å². The summed E-state index contributed by atoms with van der Waals surface area (Å²) >= 11 is 5.52. The van der Waals surface area contributed by atoms with Gasteiger partial charge in [-0.05, 0) is 26.4 Å². The third-order valence-electron chi connectivity index (χ3n) is 2.62. The zero-order valence-corrected chi connectivity index (χ0v) is 9.06. The van der Waals surface area contributed by atoms with Gasteiger partial charge in [-0.15, -0.1) is 0 Å². The summed E-state index contributed by atoms with van der Waals surface area (Å²) in [5.41, 5.74) is 1.62. The minimum atomic E-state index is 0.701. The molecule has 1 aliphatic heterocycles. The molecule has 2 nitrogen and oxygen atoms in total. The van der Waals surface area contributed by atoms with E-state index < -0.39 is 0 Å². The minimum absolute atomic E-state index is 0.701. The quantitative estimate of drug-likeness (QED) is 0.748. The minimum Gasteiger partial charge on any atom is -0.318 e. The Kier molecular flexibility index (Phi) is 5.44. The Hall–Kier alpha value is -0.0500. The van der Waals surface area contributed by atoms with Crippen LogP contribution in [-0.4, -0.2) is 37.6 Å². The number of rotatable bonds is 4. The molecule has 1 atom stereocenters. The summed E-state index contributed by atoms with van der Waals surface area (Å²) in [6.45, 7) is 3.31. The highest BCUT2D eigenvalue weighted by atomic mass is 35.5. The lowest BCUT2D eigenvalue weighted by atomic mass is 10.0. The van der Waals surface area contributed by atoms with Crippen LogP contribution in [0.1, 0.15) is 19.3 Å². The van der Waals surface area contributed by atoms with E-state index in [4.69, 9.17) is 11.6 Å². The van der Waals surface area contributed by atoms with Crippen LogP contribution in [0.4, 0.5) is 0 Å². The molecule has 0 radical (unpaired) electrons. The Labute approximate surface area is 85.9 Å². The molecule has 0 aromatic heterocycles. The van der Waals surface area contributed by atoms with E-state index in [0.717, 1.165) is 13.1 Å². The van der Waals surface area contributed by atoms with Crippen molar-refractivity contribution >= 4 is 11.6 Å². The summed E-state index contributed by atoms with van der Waals surface area (Å²) in [4.78, 5) is 2.50. The SMILES string of the molecule is CNCC1CCCCN1CC=CCl. The van der Waals surface area contributed by atoms with Crippen molar-refractivity contribution in [2.75, 3.05) is 26.7 Å². The monoisotopic (exact) mass is 202 g/mol. The summed E-state index contributed by atoms with van der Waals surface area (Å²) in [6, 6.07) is 0.701. The first-order chi connectivity index (χ1) is 6.38. The van der Waals surface area contributed by atoms with Crippen LogP contribution < -0.4 is 5.32 Å². The van der Waals surface area contributed by atoms with Crippen LogP contribution in [-0.2, 0) is 0 Å². The number of likely N-dealkylation sites (N-methyl/N-ethyl adjacent to an activating group) is 1. The maximum Gasteiger partial charge on any atom is 0.0223 e. The van der Waals surface area contributed by atoms with Gasteiger partial charge in [0.1, 0.15) is 0 Å². The average molecular weight is 203 g/mol. The van der Waals surface area contributed by atoms with Gasteiger partial charge in [-0.2, -0.15) is 0 Å². The molecule has 0 aromatic carbocycles.